The van der Waals surface area contributed by atoms with Crippen LogP contribution in [-0.2, 0) is 11.2 Å². The van der Waals surface area contributed by atoms with E-state index in [9.17, 15) is 4.79 Å². The fraction of sp³-hybridized carbons (Fsp3) is 0.154. The first-order valence-corrected chi connectivity index (χ1v) is 6.66. The minimum absolute atomic E-state index is 0.0656. The number of para-hydroxylation sites is 1. The van der Waals surface area contributed by atoms with Crippen LogP contribution in [0.4, 0.5) is 0 Å². The summed E-state index contributed by atoms with van der Waals surface area (Å²) in [5.41, 5.74) is 0.802. The molecule has 0 aliphatic rings. The lowest BCUT2D eigenvalue weighted by Gasteiger charge is -2.10. The smallest absolute Gasteiger partial charge is 0.237 e. The Kier molecular flexibility index (Phi) is 4.50. The molecular formula is C13H10BrClN2O2. The van der Waals surface area contributed by atoms with E-state index in [0.717, 1.165) is 5.56 Å². The third-order valence-corrected chi connectivity index (χ3v) is 3.03. The van der Waals surface area contributed by atoms with Gasteiger partial charge in [0.25, 0.3) is 0 Å². The summed E-state index contributed by atoms with van der Waals surface area (Å²) in [4.78, 5) is 19.0. The van der Waals surface area contributed by atoms with E-state index in [1.54, 1.807) is 6.07 Å². The van der Waals surface area contributed by atoms with Crippen LogP contribution < -0.4 is 4.74 Å². The second-order valence-corrected chi connectivity index (χ2v) is 5.07. The average Bonchev–Trinajstić information content (AvgIpc) is 2.35. The van der Waals surface area contributed by atoms with E-state index in [0.29, 0.717) is 22.5 Å². The predicted molar refractivity (Wildman–Crippen MR) is 75.6 cm³/mol. The highest BCUT2D eigenvalue weighted by atomic mass is 79.9. The van der Waals surface area contributed by atoms with E-state index in [4.69, 9.17) is 16.3 Å². The van der Waals surface area contributed by atoms with E-state index in [-0.39, 0.29) is 11.1 Å². The van der Waals surface area contributed by atoms with Gasteiger partial charge in [0.15, 0.2) is 0 Å². The molecule has 1 aromatic carbocycles. The van der Waals surface area contributed by atoms with E-state index in [2.05, 4.69) is 25.9 Å². The minimum Gasteiger partial charge on any atom is -0.437 e. The van der Waals surface area contributed by atoms with Crippen LogP contribution in [0.25, 0.3) is 0 Å². The molecule has 0 saturated heterocycles. The Balaban J connectivity index is 2.32. The fourth-order valence-corrected chi connectivity index (χ4v) is 1.92. The van der Waals surface area contributed by atoms with E-state index < -0.39 is 0 Å². The maximum Gasteiger partial charge on any atom is 0.237 e. The molecule has 0 radical (unpaired) electrons. The van der Waals surface area contributed by atoms with Gasteiger partial charge in [-0.3, -0.25) is 4.79 Å². The lowest BCUT2D eigenvalue weighted by molar-refractivity contribution is -0.116. The molecule has 2 aromatic rings. The number of halogens is 2. The molecule has 0 fully saturated rings. The van der Waals surface area contributed by atoms with Gasteiger partial charge in [-0.2, -0.15) is 4.98 Å². The van der Waals surface area contributed by atoms with Gasteiger partial charge in [0.05, 0.1) is 4.47 Å². The Hall–Kier alpha value is -1.46. The first-order valence-electron chi connectivity index (χ1n) is 5.49. The summed E-state index contributed by atoms with van der Waals surface area (Å²) >= 11 is 9.02. The molecule has 0 N–H and O–H groups in total. The van der Waals surface area contributed by atoms with Gasteiger partial charge in [0.2, 0.25) is 11.2 Å². The highest BCUT2D eigenvalue weighted by Crippen LogP contribution is 2.30. The van der Waals surface area contributed by atoms with E-state index in [1.807, 2.05) is 18.2 Å². The fourth-order valence-electron chi connectivity index (χ4n) is 1.52. The third-order valence-electron chi connectivity index (χ3n) is 2.30. The molecule has 0 saturated carbocycles. The Morgan fingerprint density at radius 3 is 2.89 bits per heavy atom. The van der Waals surface area contributed by atoms with Crippen LogP contribution in [0, 0.1) is 0 Å². The quantitative estimate of drug-likeness (QED) is 0.793. The van der Waals surface area contributed by atoms with Gasteiger partial charge in [-0.1, -0.05) is 18.2 Å². The Morgan fingerprint density at radius 1 is 1.42 bits per heavy atom. The monoisotopic (exact) mass is 340 g/mol. The molecule has 2 rings (SSSR count). The summed E-state index contributed by atoms with van der Waals surface area (Å²) in [5, 5.41) is 0.0993. The zero-order valence-electron chi connectivity index (χ0n) is 10.1. The van der Waals surface area contributed by atoms with Gasteiger partial charge in [0.1, 0.15) is 11.5 Å². The largest absolute Gasteiger partial charge is 0.437 e. The van der Waals surface area contributed by atoms with Crippen molar-refractivity contribution < 1.29 is 9.53 Å². The van der Waals surface area contributed by atoms with Crippen LogP contribution in [0.15, 0.2) is 34.9 Å². The number of hydrogen-bond donors (Lipinski definition) is 0. The molecule has 0 aliphatic heterocycles. The van der Waals surface area contributed by atoms with Gasteiger partial charge in [-0.15, -0.1) is 0 Å². The third kappa shape index (κ3) is 3.75. The lowest BCUT2D eigenvalue weighted by atomic mass is 10.1. The van der Waals surface area contributed by atoms with Crippen LogP contribution in [-0.4, -0.2) is 15.8 Å². The molecule has 0 atom stereocenters. The number of nitrogens with zero attached hydrogens (tertiary/aromatic N) is 2. The van der Waals surface area contributed by atoms with Gasteiger partial charge < -0.3 is 4.74 Å². The molecule has 0 amide bonds. The van der Waals surface area contributed by atoms with Crippen molar-refractivity contribution in [2.24, 2.45) is 0 Å². The first-order chi connectivity index (χ1) is 9.06. The number of ketones is 1. The number of benzene rings is 1. The number of carbonyl (C=O) groups excluding carboxylic acids is 1. The van der Waals surface area contributed by atoms with Crippen LogP contribution in [0.2, 0.25) is 5.28 Å². The predicted octanol–water partition coefficient (Wildman–Crippen LogP) is 3.82. The van der Waals surface area contributed by atoms with Crippen LogP contribution in [0.1, 0.15) is 12.5 Å². The topological polar surface area (TPSA) is 52.1 Å². The number of carbonyl (C=O) groups is 1. The van der Waals surface area contributed by atoms with Crippen LogP contribution in [0.3, 0.4) is 0 Å². The SMILES string of the molecule is CC(=O)Cc1ccccc1Oc1nc(Cl)ncc1Br. The lowest BCUT2D eigenvalue weighted by Crippen LogP contribution is -2.00. The summed E-state index contributed by atoms with van der Waals surface area (Å²) in [6.07, 6.45) is 1.82. The molecule has 98 valence electrons. The van der Waals surface area contributed by atoms with Gasteiger partial charge in [-0.25, -0.2) is 4.98 Å². The van der Waals surface area contributed by atoms with Crippen molar-refractivity contribution in [1.82, 2.24) is 9.97 Å². The maximum atomic E-state index is 11.2. The molecule has 1 heterocycles. The maximum absolute atomic E-state index is 11.2. The first kappa shape index (κ1) is 14.0. The van der Waals surface area contributed by atoms with Crippen molar-refractivity contribution >= 4 is 33.3 Å². The number of ether oxygens (including phenoxy) is 1. The summed E-state index contributed by atoms with van der Waals surface area (Å²) < 4.78 is 6.28. The molecule has 0 spiro atoms. The minimum atomic E-state index is 0.0656. The van der Waals surface area contributed by atoms with E-state index >= 15 is 0 Å². The van der Waals surface area contributed by atoms with Crippen molar-refractivity contribution in [2.75, 3.05) is 0 Å². The summed E-state index contributed by atoms with van der Waals surface area (Å²) in [6, 6.07) is 7.30. The molecule has 4 nitrogen and oxygen atoms in total. The molecule has 19 heavy (non-hydrogen) atoms. The molecule has 0 unspecified atom stereocenters. The zero-order chi connectivity index (χ0) is 13.8. The molecule has 0 aliphatic carbocycles. The summed E-state index contributed by atoms with van der Waals surface area (Å²) in [5.74, 6) is 0.958. The van der Waals surface area contributed by atoms with Crippen molar-refractivity contribution in [1.29, 1.82) is 0 Å². The van der Waals surface area contributed by atoms with Crippen molar-refractivity contribution in [3.63, 3.8) is 0 Å². The Morgan fingerprint density at radius 2 is 2.16 bits per heavy atom. The van der Waals surface area contributed by atoms with Crippen molar-refractivity contribution in [2.45, 2.75) is 13.3 Å². The highest BCUT2D eigenvalue weighted by molar-refractivity contribution is 9.10. The zero-order valence-corrected chi connectivity index (χ0v) is 12.4. The number of aromatic nitrogens is 2. The van der Waals surface area contributed by atoms with Crippen LogP contribution in [0.5, 0.6) is 11.6 Å². The van der Waals surface area contributed by atoms with Crippen molar-refractivity contribution in [3.05, 3.63) is 45.8 Å². The standard InChI is InChI=1S/C13H10BrClN2O2/c1-8(18)6-9-4-2-3-5-11(9)19-12-10(14)7-16-13(15)17-12/h2-5,7H,6H2,1H3. The molecule has 1 aromatic heterocycles. The summed E-state index contributed by atoms with van der Waals surface area (Å²) in [7, 11) is 0. The number of hydrogen-bond acceptors (Lipinski definition) is 4. The highest BCUT2D eigenvalue weighted by Gasteiger charge is 2.10. The van der Waals surface area contributed by atoms with Gasteiger partial charge >= 0.3 is 0 Å². The van der Waals surface area contributed by atoms with Crippen LogP contribution >= 0.6 is 27.5 Å². The second kappa shape index (κ2) is 6.12. The van der Waals surface area contributed by atoms with E-state index in [1.165, 1.54) is 13.1 Å². The number of Topliss-reactive ketones (excluding diaryl/α,β-unsaturated/α-hetero) is 1. The summed E-state index contributed by atoms with van der Waals surface area (Å²) in [6.45, 7) is 1.54. The molecule has 6 heteroatoms. The van der Waals surface area contributed by atoms with Gasteiger partial charge in [-0.05, 0) is 40.5 Å². The molecule has 0 bridgehead atoms. The second-order valence-electron chi connectivity index (χ2n) is 3.88. The average molecular weight is 342 g/mol. The number of rotatable bonds is 4. The van der Waals surface area contributed by atoms with Crippen molar-refractivity contribution in [3.8, 4) is 11.6 Å². The normalized spacial score (nSPS) is 10.3. The Labute approximate surface area is 123 Å². The Bertz CT molecular complexity index is 619. The molecular weight excluding hydrogens is 332 g/mol. The van der Waals surface area contributed by atoms with Gasteiger partial charge in [0, 0.05) is 18.2 Å².